The fourth-order valence-electron chi connectivity index (χ4n) is 2.84. The van der Waals surface area contributed by atoms with E-state index < -0.39 is 0 Å². The van der Waals surface area contributed by atoms with E-state index in [2.05, 4.69) is 47.1 Å². The largest absolute Gasteiger partial charge is 0.465 e. The van der Waals surface area contributed by atoms with Crippen LogP contribution in [-0.4, -0.2) is 18.1 Å². The zero-order valence-corrected chi connectivity index (χ0v) is 13.5. The minimum atomic E-state index is -0.291. The lowest BCUT2D eigenvalue weighted by Gasteiger charge is -2.03. The number of hydrogen-bond donors (Lipinski definition) is 1. The molecule has 0 radical (unpaired) electrons. The van der Waals surface area contributed by atoms with Crippen LogP contribution in [0.25, 0.3) is 10.9 Å². The number of pyridine rings is 1. The van der Waals surface area contributed by atoms with Gasteiger partial charge in [0.05, 0.1) is 7.11 Å². The molecule has 1 N–H and O–H groups in total. The van der Waals surface area contributed by atoms with Gasteiger partial charge in [-0.25, -0.2) is 9.36 Å². The molecular formula is C19H21N2O2+. The number of aromatic nitrogens is 2. The van der Waals surface area contributed by atoms with Gasteiger partial charge in [0, 0.05) is 29.1 Å². The number of carbonyl (C=O) groups is 1. The molecule has 0 saturated heterocycles. The molecule has 3 aromatic rings. The summed E-state index contributed by atoms with van der Waals surface area (Å²) in [6.07, 6.45) is 7.82. The molecule has 0 spiro atoms. The molecule has 0 aliphatic carbocycles. The van der Waals surface area contributed by atoms with Crippen molar-refractivity contribution >= 4 is 16.9 Å². The maximum atomic E-state index is 11.8. The van der Waals surface area contributed by atoms with Gasteiger partial charge in [-0.05, 0) is 24.1 Å². The van der Waals surface area contributed by atoms with E-state index in [9.17, 15) is 4.79 Å². The summed E-state index contributed by atoms with van der Waals surface area (Å²) in [4.78, 5) is 15.1. The number of benzene rings is 1. The van der Waals surface area contributed by atoms with E-state index in [0.29, 0.717) is 5.56 Å². The Morgan fingerprint density at radius 1 is 1.26 bits per heavy atom. The molecule has 0 aliphatic rings. The number of aromatic amines is 1. The van der Waals surface area contributed by atoms with Gasteiger partial charge in [0.2, 0.25) is 0 Å². The number of nitrogens with zero attached hydrogens (tertiary/aromatic N) is 1. The third-order valence-electron chi connectivity index (χ3n) is 4.12. The van der Waals surface area contributed by atoms with E-state index in [-0.39, 0.29) is 5.97 Å². The molecule has 4 heteroatoms. The van der Waals surface area contributed by atoms with E-state index >= 15 is 0 Å². The van der Waals surface area contributed by atoms with E-state index in [1.54, 1.807) is 0 Å². The predicted molar refractivity (Wildman–Crippen MR) is 89.4 cm³/mol. The molecule has 4 nitrogen and oxygen atoms in total. The first-order valence-electron chi connectivity index (χ1n) is 7.87. The number of H-pyrrole nitrogens is 1. The second-order valence-electron chi connectivity index (χ2n) is 5.63. The average Bonchev–Trinajstić information content (AvgIpc) is 3.02. The molecule has 0 bridgehead atoms. The zero-order chi connectivity index (χ0) is 16.2. The number of nitrogens with one attached hydrogen (secondary N) is 1. The van der Waals surface area contributed by atoms with Crippen LogP contribution in [0.3, 0.4) is 0 Å². The van der Waals surface area contributed by atoms with Crippen LogP contribution in [0.4, 0.5) is 0 Å². The Kier molecular flexibility index (Phi) is 4.42. The van der Waals surface area contributed by atoms with Crippen molar-refractivity contribution in [1.29, 1.82) is 0 Å². The highest BCUT2D eigenvalue weighted by Gasteiger charge is 2.14. The van der Waals surface area contributed by atoms with Crippen molar-refractivity contribution in [3.63, 3.8) is 0 Å². The number of ether oxygens (including phenoxy) is 1. The van der Waals surface area contributed by atoms with Crippen LogP contribution in [0.5, 0.6) is 0 Å². The van der Waals surface area contributed by atoms with Crippen LogP contribution in [0.2, 0.25) is 0 Å². The maximum Gasteiger partial charge on any atom is 0.343 e. The number of hydrogen-bond acceptors (Lipinski definition) is 2. The molecule has 0 atom stereocenters. The smallest absolute Gasteiger partial charge is 0.343 e. The maximum absolute atomic E-state index is 11.8. The number of methoxy groups -OCH3 is 1. The monoisotopic (exact) mass is 309 g/mol. The average molecular weight is 309 g/mol. The van der Waals surface area contributed by atoms with Gasteiger partial charge in [0.1, 0.15) is 5.56 Å². The minimum Gasteiger partial charge on any atom is -0.465 e. The van der Waals surface area contributed by atoms with Crippen molar-refractivity contribution in [3.8, 4) is 0 Å². The van der Waals surface area contributed by atoms with Gasteiger partial charge in [0.25, 0.3) is 0 Å². The number of para-hydroxylation sites is 1. The van der Waals surface area contributed by atoms with Gasteiger partial charge in [0.15, 0.2) is 18.9 Å². The standard InChI is InChI=1S/C19H21N2O2/c1-3-14-10-16(19(22)23-2)13-21(12-14)9-8-15-11-20-18-7-5-4-6-17(15)18/h4-7,10-13,20H,3,8-9H2,1-2H3/q+1. The molecule has 2 aromatic heterocycles. The second kappa shape index (κ2) is 6.65. The predicted octanol–water partition coefficient (Wildman–Crippen LogP) is 3.05. The molecular weight excluding hydrogens is 288 g/mol. The van der Waals surface area contributed by atoms with Crippen LogP contribution in [0, 0.1) is 0 Å². The minimum absolute atomic E-state index is 0.291. The molecule has 0 aliphatic heterocycles. The second-order valence-corrected chi connectivity index (χ2v) is 5.63. The quantitative estimate of drug-likeness (QED) is 0.581. The van der Waals surface area contributed by atoms with Crippen molar-refractivity contribution in [3.05, 3.63) is 65.6 Å². The number of esters is 1. The number of fused-ring (bicyclic) bond motifs is 1. The lowest BCUT2D eigenvalue weighted by molar-refractivity contribution is -0.696. The van der Waals surface area contributed by atoms with E-state index in [1.807, 2.05) is 18.3 Å². The molecule has 23 heavy (non-hydrogen) atoms. The topological polar surface area (TPSA) is 46.0 Å². The SMILES string of the molecule is CCc1cc(C(=O)OC)c[n+](CCc2c[nH]c3ccccc23)c1. The lowest BCUT2D eigenvalue weighted by atomic mass is 10.1. The van der Waals surface area contributed by atoms with Crippen LogP contribution in [-0.2, 0) is 24.1 Å². The summed E-state index contributed by atoms with van der Waals surface area (Å²) in [6.45, 7) is 2.90. The summed E-state index contributed by atoms with van der Waals surface area (Å²) in [5.74, 6) is -0.291. The fraction of sp³-hybridized carbons (Fsp3) is 0.263. The Labute approximate surface area is 135 Å². The van der Waals surface area contributed by atoms with E-state index in [1.165, 1.54) is 18.1 Å². The molecule has 2 heterocycles. The molecule has 0 unspecified atom stereocenters. The van der Waals surface area contributed by atoms with Crippen molar-refractivity contribution in [2.24, 2.45) is 0 Å². The Morgan fingerprint density at radius 3 is 2.87 bits per heavy atom. The molecule has 0 amide bonds. The van der Waals surface area contributed by atoms with Gasteiger partial charge in [-0.2, -0.15) is 0 Å². The lowest BCUT2D eigenvalue weighted by Crippen LogP contribution is -2.36. The first-order chi connectivity index (χ1) is 11.2. The van der Waals surface area contributed by atoms with Crippen LogP contribution in [0.15, 0.2) is 48.9 Å². The van der Waals surface area contributed by atoms with Gasteiger partial charge in [-0.15, -0.1) is 0 Å². The summed E-state index contributed by atoms with van der Waals surface area (Å²) < 4.78 is 6.92. The highest BCUT2D eigenvalue weighted by Crippen LogP contribution is 2.18. The summed E-state index contributed by atoms with van der Waals surface area (Å²) in [6, 6.07) is 10.2. The van der Waals surface area contributed by atoms with Crippen molar-refractivity contribution in [1.82, 2.24) is 4.98 Å². The Balaban J connectivity index is 1.83. The molecule has 0 fully saturated rings. The number of aryl methyl sites for hydroxylation is 3. The van der Waals surface area contributed by atoms with Crippen LogP contribution >= 0.6 is 0 Å². The highest BCUT2D eigenvalue weighted by molar-refractivity contribution is 5.88. The van der Waals surface area contributed by atoms with Crippen LogP contribution in [0.1, 0.15) is 28.4 Å². The Hall–Kier alpha value is -2.62. The first kappa shape index (κ1) is 15.3. The molecule has 118 valence electrons. The van der Waals surface area contributed by atoms with Gasteiger partial charge in [-0.1, -0.05) is 25.1 Å². The highest BCUT2D eigenvalue weighted by atomic mass is 16.5. The summed E-state index contributed by atoms with van der Waals surface area (Å²) in [7, 11) is 1.41. The van der Waals surface area contributed by atoms with Crippen LogP contribution < -0.4 is 4.57 Å². The number of carbonyl (C=O) groups excluding carboxylic acids is 1. The van der Waals surface area contributed by atoms with Gasteiger partial charge >= 0.3 is 5.97 Å². The van der Waals surface area contributed by atoms with E-state index in [4.69, 9.17) is 4.74 Å². The fourth-order valence-corrected chi connectivity index (χ4v) is 2.84. The summed E-state index contributed by atoms with van der Waals surface area (Å²) >= 11 is 0. The third-order valence-corrected chi connectivity index (χ3v) is 4.12. The first-order valence-corrected chi connectivity index (χ1v) is 7.87. The Bertz CT molecular complexity index is 836. The van der Waals surface area contributed by atoms with Gasteiger partial charge in [-0.3, -0.25) is 0 Å². The summed E-state index contributed by atoms with van der Waals surface area (Å²) in [5, 5.41) is 1.26. The van der Waals surface area contributed by atoms with Crippen molar-refractivity contribution < 1.29 is 14.1 Å². The van der Waals surface area contributed by atoms with E-state index in [0.717, 1.165) is 30.5 Å². The van der Waals surface area contributed by atoms with Gasteiger partial charge < -0.3 is 9.72 Å². The third kappa shape index (κ3) is 3.26. The zero-order valence-electron chi connectivity index (χ0n) is 13.5. The Morgan fingerprint density at radius 2 is 2.09 bits per heavy atom. The molecule has 1 aromatic carbocycles. The molecule has 3 rings (SSSR count). The molecule has 0 saturated carbocycles. The van der Waals surface area contributed by atoms with Crippen molar-refractivity contribution in [2.75, 3.05) is 7.11 Å². The summed E-state index contributed by atoms with van der Waals surface area (Å²) in [5.41, 5.74) is 4.18. The normalized spacial score (nSPS) is 10.9. The van der Waals surface area contributed by atoms with Crippen molar-refractivity contribution in [2.45, 2.75) is 26.3 Å². The number of rotatable bonds is 5.